The topological polar surface area (TPSA) is 68.0 Å². The molecule has 1 aromatic heterocycles. The Morgan fingerprint density at radius 2 is 2.05 bits per heavy atom. The van der Waals surface area contributed by atoms with Gasteiger partial charge in [0.25, 0.3) is 0 Å². The first-order valence-corrected chi connectivity index (χ1v) is 7.48. The molecule has 1 amide bonds. The highest BCUT2D eigenvalue weighted by atomic mass is 35.5. The van der Waals surface area contributed by atoms with Crippen molar-refractivity contribution in [1.82, 2.24) is 4.98 Å². The molecule has 110 valence electrons. The SMILES string of the molecule is CCCC(CCC)(C(=O)Nc1ncccc1Cl)C(N)=S. The second-order valence-corrected chi connectivity index (χ2v) is 5.58. The van der Waals surface area contributed by atoms with E-state index in [1.54, 1.807) is 18.3 Å². The monoisotopic (exact) mass is 313 g/mol. The van der Waals surface area contributed by atoms with E-state index in [0.717, 1.165) is 12.8 Å². The number of carbonyl (C=O) groups is 1. The summed E-state index contributed by atoms with van der Waals surface area (Å²) < 4.78 is 0. The summed E-state index contributed by atoms with van der Waals surface area (Å²) in [7, 11) is 0. The summed E-state index contributed by atoms with van der Waals surface area (Å²) in [4.78, 5) is 16.9. The van der Waals surface area contributed by atoms with E-state index < -0.39 is 5.41 Å². The number of hydrogen-bond acceptors (Lipinski definition) is 3. The Labute approximate surface area is 130 Å². The van der Waals surface area contributed by atoms with Gasteiger partial charge in [0.2, 0.25) is 5.91 Å². The lowest BCUT2D eigenvalue weighted by Gasteiger charge is -2.30. The van der Waals surface area contributed by atoms with Gasteiger partial charge >= 0.3 is 0 Å². The highest BCUT2D eigenvalue weighted by molar-refractivity contribution is 7.80. The van der Waals surface area contributed by atoms with Crippen LogP contribution in [0.15, 0.2) is 18.3 Å². The quantitative estimate of drug-likeness (QED) is 0.755. The second-order valence-electron chi connectivity index (χ2n) is 4.73. The Bertz CT molecular complexity index is 487. The van der Waals surface area contributed by atoms with Crippen LogP contribution in [0.5, 0.6) is 0 Å². The van der Waals surface area contributed by atoms with E-state index >= 15 is 0 Å². The number of nitrogens with one attached hydrogen (secondary N) is 1. The lowest BCUT2D eigenvalue weighted by Crippen LogP contribution is -2.46. The van der Waals surface area contributed by atoms with E-state index in [9.17, 15) is 4.79 Å². The van der Waals surface area contributed by atoms with Crippen molar-refractivity contribution in [2.24, 2.45) is 11.1 Å². The third-order valence-corrected chi connectivity index (χ3v) is 3.95. The molecule has 0 spiro atoms. The van der Waals surface area contributed by atoms with Gasteiger partial charge in [-0.15, -0.1) is 0 Å². The summed E-state index contributed by atoms with van der Waals surface area (Å²) in [5.41, 5.74) is 5.02. The molecule has 0 aliphatic rings. The van der Waals surface area contributed by atoms with Crippen molar-refractivity contribution in [3.63, 3.8) is 0 Å². The van der Waals surface area contributed by atoms with Gasteiger partial charge in [-0.1, -0.05) is 50.5 Å². The number of rotatable bonds is 7. The molecule has 20 heavy (non-hydrogen) atoms. The minimum absolute atomic E-state index is 0.227. The fraction of sp³-hybridized carbons (Fsp3) is 0.500. The van der Waals surface area contributed by atoms with E-state index in [1.165, 1.54) is 0 Å². The number of hydrogen-bond donors (Lipinski definition) is 2. The van der Waals surface area contributed by atoms with E-state index in [0.29, 0.717) is 23.7 Å². The van der Waals surface area contributed by atoms with Crippen molar-refractivity contribution in [3.05, 3.63) is 23.4 Å². The molecule has 0 saturated carbocycles. The predicted molar refractivity (Wildman–Crippen MR) is 86.9 cm³/mol. The maximum Gasteiger partial charge on any atom is 0.238 e. The van der Waals surface area contributed by atoms with Crippen LogP contribution in [0.25, 0.3) is 0 Å². The van der Waals surface area contributed by atoms with Crippen LogP contribution in [-0.2, 0) is 4.79 Å². The summed E-state index contributed by atoms with van der Waals surface area (Å²) in [6.07, 6.45) is 4.45. The number of nitrogens with two attached hydrogens (primary N) is 1. The second kappa shape index (κ2) is 7.55. The van der Waals surface area contributed by atoms with E-state index in [4.69, 9.17) is 29.6 Å². The van der Waals surface area contributed by atoms with Crippen LogP contribution in [0, 0.1) is 5.41 Å². The number of anilines is 1. The third-order valence-electron chi connectivity index (χ3n) is 3.25. The maximum absolute atomic E-state index is 12.6. The van der Waals surface area contributed by atoms with Crippen molar-refractivity contribution in [3.8, 4) is 0 Å². The van der Waals surface area contributed by atoms with E-state index in [2.05, 4.69) is 10.3 Å². The smallest absolute Gasteiger partial charge is 0.238 e. The fourth-order valence-electron chi connectivity index (χ4n) is 2.27. The van der Waals surface area contributed by atoms with Crippen LogP contribution < -0.4 is 11.1 Å². The predicted octanol–water partition coefficient (Wildman–Crippen LogP) is 3.55. The zero-order valence-electron chi connectivity index (χ0n) is 11.8. The minimum Gasteiger partial charge on any atom is -0.392 e. The highest BCUT2D eigenvalue weighted by Crippen LogP contribution is 2.32. The van der Waals surface area contributed by atoms with Gasteiger partial charge in [0, 0.05) is 6.20 Å². The van der Waals surface area contributed by atoms with Gasteiger partial charge in [0.15, 0.2) is 5.82 Å². The Morgan fingerprint density at radius 3 is 2.50 bits per heavy atom. The minimum atomic E-state index is -0.834. The zero-order chi connectivity index (χ0) is 15.2. The average Bonchev–Trinajstić information content (AvgIpc) is 2.40. The van der Waals surface area contributed by atoms with Gasteiger partial charge in [0.05, 0.1) is 15.4 Å². The van der Waals surface area contributed by atoms with Gasteiger partial charge in [-0.05, 0) is 25.0 Å². The number of aromatic nitrogens is 1. The molecule has 0 aromatic carbocycles. The first-order valence-electron chi connectivity index (χ1n) is 6.69. The molecule has 3 N–H and O–H groups in total. The Balaban J connectivity index is 3.05. The van der Waals surface area contributed by atoms with Crippen LogP contribution in [0.1, 0.15) is 39.5 Å². The molecule has 6 heteroatoms. The molecule has 0 fully saturated rings. The molecule has 0 unspecified atom stereocenters. The molecular weight excluding hydrogens is 294 g/mol. The van der Waals surface area contributed by atoms with Crippen LogP contribution in [-0.4, -0.2) is 15.9 Å². The molecular formula is C14H20ClN3OS. The van der Waals surface area contributed by atoms with Crippen LogP contribution >= 0.6 is 23.8 Å². The zero-order valence-corrected chi connectivity index (χ0v) is 13.4. The summed E-state index contributed by atoms with van der Waals surface area (Å²) in [5, 5.41) is 3.15. The van der Waals surface area contributed by atoms with Gasteiger partial charge in [0.1, 0.15) is 0 Å². The molecule has 0 aliphatic carbocycles. The number of amides is 1. The van der Waals surface area contributed by atoms with E-state index in [-0.39, 0.29) is 10.9 Å². The third kappa shape index (κ3) is 3.67. The number of halogens is 1. The van der Waals surface area contributed by atoms with Crippen molar-refractivity contribution in [2.45, 2.75) is 39.5 Å². The molecule has 1 rings (SSSR count). The number of pyridine rings is 1. The van der Waals surface area contributed by atoms with Crippen molar-refractivity contribution in [1.29, 1.82) is 0 Å². The van der Waals surface area contributed by atoms with Gasteiger partial charge in [-0.25, -0.2) is 4.98 Å². The number of thiocarbonyl (C=S) groups is 1. The molecule has 0 aliphatic heterocycles. The number of nitrogens with zero attached hydrogens (tertiary/aromatic N) is 1. The van der Waals surface area contributed by atoms with Crippen molar-refractivity contribution in [2.75, 3.05) is 5.32 Å². The van der Waals surface area contributed by atoms with Crippen molar-refractivity contribution < 1.29 is 4.79 Å². The molecule has 1 heterocycles. The Kier molecular flexibility index (Phi) is 6.36. The lowest BCUT2D eigenvalue weighted by atomic mass is 9.78. The van der Waals surface area contributed by atoms with Gasteiger partial charge in [-0.2, -0.15) is 0 Å². The molecule has 0 saturated heterocycles. The largest absolute Gasteiger partial charge is 0.392 e. The lowest BCUT2D eigenvalue weighted by molar-refractivity contribution is -0.122. The molecule has 0 radical (unpaired) electrons. The van der Waals surface area contributed by atoms with Crippen LogP contribution in [0.4, 0.5) is 5.82 Å². The Morgan fingerprint density at radius 1 is 1.45 bits per heavy atom. The van der Waals surface area contributed by atoms with Gasteiger partial charge in [-0.3, -0.25) is 4.79 Å². The normalized spacial score (nSPS) is 11.2. The first-order chi connectivity index (χ1) is 9.47. The maximum atomic E-state index is 12.6. The standard InChI is InChI=1S/C14H20ClN3OS/c1-3-7-14(8-4-2,12(16)20)13(19)18-11-10(15)6-5-9-17-11/h5-6,9H,3-4,7-8H2,1-2H3,(H2,16,20)(H,17,18,19). The summed E-state index contributed by atoms with van der Waals surface area (Å²) >= 11 is 11.2. The van der Waals surface area contributed by atoms with Crippen molar-refractivity contribution >= 4 is 40.5 Å². The van der Waals surface area contributed by atoms with Crippen LogP contribution in [0.2, 0.25) is 5.02 Å². The average molecular weight is 314 g/mol. The van der Waals surface area contributed by atoms with E-state index in [1.807, 2.05) is 13.8 Å². The number of carbonyl (C=O) groups excluding carboxylic acids is 1. The first kappa shape index (κ1) is 16.9. The summed E-state index contributed by atoms with van der Waals surface area (Å²) in [6.45, 7) is 4.01. The molecule has 1 aromatic rings. The fourth-order valence-corrected chi connectivity index (χ4v) is 2.73. The highest BCUT2D eigenvalue weighted by Gasteiger charge is 2.40. The molecule has 0 bridgehead atoms. The summed E-state index contributed by atoms with van der Waals surface area (Å²) in [6, 6.07) is 3.38. The van der Waals surface area contributed by atoms with Crippen LogP contribution in [0.3, 0.4) is 0 Å². The molecule has 0 atom stereocenters. The summed E-state index contributed by atoms with van der Waals surface area (Å²) in [5.74, 6) is 0.112. The Hall–Kier alpha value is -1.20. The van der Waals surface area contributed by atoms with Gasteiger partial charge < -0.3 is 11.1 Å². The molecule has 4 nitrogen and oxygen atoms in total.